The quantitative estimate of drug-likeness (QED) is 0.268. The average molecular weight is 695 g/mol. The van der Waals surface area contributed by atoms with Crippen LogP contribution in [0, 0.1) is 11.8 Å². The molecule has 2 aliphatic carbocycles. The minimum Gasteiger partial charge on any atom is -0.465 e. The second-order valence-electron chi connectivity index (χ2n) is 15.0. The number of carbonyl (C=O) groups is 4. The fraction of sp³-hybridized carbons (Fsp3) is 0.722. The van der Waals surface area contributed by atoms with Crippen LogP contribution in [0.4, 0.5) is 9.59 Å². The predicted molar refractivity (Wildman–Crippen MR) is 184 cm³/mol. The maximum Gasteiger partial charge on any atom is 0.407 e. The van der Waals surface area contributed by atoms with Crippen molar-refractivity contribution in [1.29, 1.82) is 0 Å². The van der Waals surface area contributed by atoms with E-state index in [1.165, 1.54) is 45.5 Å². The number of methoxy groups -OCH3 is 1. The molecule has 274 valence electrons. The number of nitrogens with zero attached hydrogens (tertiary/aromatic N) is 5. The van der Waals surface area contributed by atoms with Crippen LogP contribution in [-0.4, -0.2) is 103 Å². The van der Waals surface area contributed by atoms with Crippen LogP contribution in [0.5, 0.6) is 0 Å². The molecule has 2 aromatic rings. The van der Waals surface area contributed by atoms with E-state index in [2.05, 4.69) is 20.0 Å². The molecule has 14 nitrogen and oxygen atoms in total. The highest BCUT2D eigenvalue weighted by atomic mass is 16.5. The number of likely N-dealkylation sites (tertiary alicyclic amines) is 2. The SMILES string of the molecule is COC(=O)N[C@@H](C)C(=O)N1CCC[C@H]1c1ncc(C2CCC(C3CCC(c4cnc([C@@H]5CCCN5C(=O)[C@H](C)N(C)C(=O)O)[nH]4)CC3)CC2)[nH]1. The van der Waals surface area contributed by atoms with Crippen molar-refractivity contribution >= 4 is 24.0 Å². The minimum atomic E-state index is -1.11. The fourth-order valence-electron chi connectivity index (χ4n) is 9.01. The molecule has 2 aromatic heterocycles. The first-order valence-corrected chi connectivity index (χ1v) is 18.6. The number of H-pyrrole nitrogens is 2. The summed E-state index contributed by atoms with van der Waals surface area (Å²) in [6, 6.07) is -1.65. The Kier molecular flexibility index (Phi) is 11.0. The second kappa shape index (κ2) is 15.4. The number of ether oxygens (including phenoxy) is 1. The summed E-state index contributed by atoms with van der Waals surface area (Å²) >= 11 is 0. The molecule has 0 unspecified atom stereocenters. The Morgan fingerprint density at radius 1 is 0.800 bits per heavy atom. The second-order valence-corrected chi connectivity index (χ2v) is 15.0. The Morgan fingerprint density at radius 3 is 1.70 bits per heavy atom. The van der Waals surface area contributed by atoms with Crippen molar-refractivity contribution in [3.8, 4) is 0 Å². The molecule has 4 aliphatic rings. The molecular formula is C36H54N8O6. The van der Waals surface area contributed by atoms with Crippen LogP contribution >= 0.6 is 0 Å². The number of carbonyl (C=O) groups excluding carboxylic acids is 3. The molecule has 0 bridgehead atoms. The first-order valence-electron chi connectivity index (χ1n) is 18.6. The summed E-state index contributed by atoms with van der Waals surface area (Å²) in [5.41, 5.74) is 2.33. The minimum absolute atomic E-state index is 0.107. The fourth-order valence-corrected chi connectivity index (χ4v) is 9.01. The molecular weight excluding hydrogens is 640 g/mol. The summed E-state index contributed by atoms with van der Waals surface area (Å²) in [6.07, 6.45) is 15.1. The Labute approximate surface area is 294 Å². The maximum atomic E-state index is 13.2. The maximum absolute atomic E-state index is 13.2. The number of nitrogens with one attached hydrogen (secondary N) is 3. The van der Waals surface area contributed by atoms with Crippen LogP contribution in [-0.2, 0) is 14.3 Å². The smallest absolute Gasteiger partial charge is 0.407 e. The van der Waals surface area contributed by atoms with Gasteiger partial charge in [-0.1, -0.05) is 0 Å². The topological polar surface area (TPSA) is 177 Å². The van der Waals surface area contributed by atoms with Gasteiger partial charge < -0.3 is 34.9 Å². The van der Waals surface area contributed by atoms with Gasteiger partial charge in [-0.05, 0) is 103 Å². The molecule has 4 fully saturated rings. The van der Waals surface area contributed by atoms with Gasteiger partial charge in [-0.15, -0.1) is 0 Å². The van der Waals surface area contributed by atoms with Gasteiger partial charge in [-0.3, -0.25) is 14.5 Å². The van der Waals surface area contributed by atoms with Crippen molar-refractivity contribution in [2.24, 2.45) is 11.8 Å². The molecule has 4 heterocycles. The van der Waals surface area contributed by atoms with Crippen molar-refractivity contribution in [3.05, 3.63) is 35.4 Å². The van der Waals surface area contributed by atoms with Crippen LogP contribution in [0.2, 0.25) is 0 Å². The first kappa shape index (κ1) is 35.7. The molecule has 0 spiro atoms. The van der Waals surface area contributed by atoms with Crippen LogP contribution in [0.15, 0.2) is 12.4 Å². The van der Waals surface area contributed by atoms with Crippen molar-refractivity contribution < 1.29 is 29.0 Å². The molecule has 14 heteroatoms. The Morgan fingerprint density at radius 2 is 1.26 bits per heavy atom. The zero-order valence-corrected chi connectivity index (χ0v) is 29.9. The number of aromatic nitrogens is 4. The highest BCUT2D eigenvalue weighted by Crippen LogP contribution is 2.46. The molecule has 50 heavy (non-hydrogen) atoms. The summed E-state index contributed by atoms with van der Waals surface area (Å²) in [6.45, 7) is 4.59. The van der Waals surface area contributed by atoms with Gasteiger partial charge in [0.15, 0.2) is 0 Å². The Hall–Kier alpha value is -4.10. The summed E-state index contributed by atoms with van der Waals surface area (Å²) in [4.78, 5) is 70.6. The lowest BCUT2D eigenvalue weighted by molar-refractivity contribution is -0.136. The lowest BCUT2D eigenvalue weighted by atomic mass is 9.68. The van der Waals surface area contributed by atoms with Crippen LogP contribution in [0.25, 0.3) is 0 Å². The first-order chi connectivity index (χ1) is 24.0. The van der Waals surface area contributed by atoms with E-state index in [0.29, 0.717) is 24.9 Å². The van der Waals surface area contributed by atoms with Gasteiger partial charge >= 0.3 is 12.2 Å². The van der Waals surface area contributed by atoms with Crippen LogP contribution < -0.4 is 5.32 Å². The highest BCUT2D eigenvalue weighted by Gasteiger charge is 2.38. The van der Waals surface area contributed by atoms with E-state index in [4.69, 9.17) is 9.97 Å². The molecule has 2 saturated carbocycles. The molecule has 0 radical (unpaired) electrons. The van der Waals surface area contributed by atoms with Crippen molar-refractivity contribution in [1.82, 2.24) is 40.0 Å². The number of hydrogen-bond acceptors (Lipinski definition) is 7. The highest BCUT2D eigenvalue weighted by molar-refractivity contribution is 5.86. The molecule has 0 aromatic carbocycles. The molecule has 4 amide bonds. The largest absolute Gasteiger partial charge is 0.465 e. The summed E-state index contributed by atoms with van der Waals surface area (Å²) < 4.78 is 4.66. The van der Waals surface area contributed by atoms with E-state index in [9.17, 15) is 24.3 Å². The monoisotopic (exact) mass is 694 g/mol. The number of amides is 4. The molecule has 4 N–H and O–H groups in total. The molecule has 2 saturated heterocycles. The lowest BCUT2D eigenvalue weighted by Gasteiger charge is -2.37. The summed E-state index contributed by atoms with van der Waals surface area (Å²) in [7, 11) is 2.73. The third-order valence-electron chi connectivity index (χ3n) is 12.2. The summed E-state index contributed by atoms with van der Waals surface area (Å²) in [5.74, 6) is 3.73. The normalized spacial score (nSPS) is 28.2. The van der Waals surface area contributed by atoms with Gasteiger partial charge in [0.2, 0.25) is 11.8 Å². The van der Waals surface area contributed by atoms with Gasteiger partial charge in [-0.2, -0.15) is 0 Å². The van der Waals surface area contributed by atoms with Gasteiger partial charge in [-0.25, -0.2) is 19.6 Å². The van der Waals surface area contributed by atoms with Gasteiger partial charge in [0.05, 0.1) is 19.2 Å². The molecule has 6 rings (SSSR count). The van der Waals surface area contributed by atoms with E-state index < -0.39 is 24.3 Å². The van der Waals surface area contributed by atoms with Gasteiger partial charge in [0.25, 0.3) is 0 Å². The van der Waals surface area contributed by atoms with Crippen LogP contribution in [0.1, 0.15) is 138 Å². The van der Waals surface area contributed by atoms with E-state index in [-0.39, 0.29) is 23.9 Å². The molecule has 2 aliphatic heterocycles. The Bertz CT molecular complexity index is 1510. The van der Waals surface area contributed by atoms with Crippen molar-refractivity contribution in [2.45, 2.75) is 127 Å². The standard InChI is InChI=1S/C36H54N8O6/c1-21(39-35(47)50-4)33(45)43-17-5-7-29(43)31-37-19-27(40-31)25-13-9-23(10-14-25)24-11-15-26(16-12-24)28-20-38-32(41-28)30-8-6-18-44(30)34(46)22(2)42(3)36(48)49/h19-26,29-30H,5-18H2,1-4H3,(H,37,40)(H,38,41)(H,39,47)(H,48,49)/t21-,22-,23?,24?,25?,26?,29-,30-/m0/s1. The third-order valence-corrected chi connectivity index (χ3v) is 12.2. The Balaban J connectivity index is 0.974. The number of rotatable bonds is 9. The molecule has 4 atom stereocenters. The number of carboxylic acid groups (broad SMARTS) is 1. The third kappa shape index (κ3) is 7.48. The number of hydrogen-bond donors (Lipinski definition) is 4. The lowest BCUT2D eigenvalue weighted by Crippen LogP contribution is -2.47. The number of alkyl carbamates (subject to hydrolysis) is 1. The van der Waals surface area contributed by atoms with Gasteiger partial charge in [0, 0.05) is 55.8 Å². The zero-order chi connectivity index (χ0) is 35.5. The number of aromatic amines is 2. The zero-order valence-electron chi connectivity index (χ0n) is 29.9. The summed E-state index contributed by atoms with van der Waals surface area (Å²) in [5, 5.41) is 11.9. The average Bonchev–Trinajstić information content (AvgIpc) is 3.97. The van der Waals surface area contributed by atoms with Crippen molar-refractivity contribution in [3.63, 3.8) is 0 Å². The van der Waals surface area contributed by atoms with E-state index in [0.717, 1.165) is 85.4 Å². The van der Waals surface area contributed by atoms with Crippen molar-refractivity contribution in [2.75, 3.05) is 27.2 Å². The number of imidazole rings is 2. The van der Waals surface area contributed by atoms with Crippen LogP contribution in [0.3, 0.4) is 0 Å². The van der Waals surface area contributed by atoms with E-state index in [1.54, 1.807) is 18.7 Å². The van der Waals surface area contributed by atoms with E-state index >= 15 is 0 Å². The van der Waals surface area contributed by atoms with E-state index in [1.807, 2.05) is 17.3 Å². The number of likely N-dealkylation sites (N-methyl/N-ethyl adjacent to an activating group) is 1. The predicted octanol–water partition coefficient (Wildman–Crippen LogP) is 5.45. The van der Waals surface area contributed by atoms with Gasteiger partial charge in [0.1, 0.15) is 23.7 Å².